The van der Waals surface area contributed by atoms with E-state index in [0.29, 0.717) is 12.0 Å². The van der Waals surface area contributed by atoms with Crippen LogP contribution in [0.5, 0.6) is 0 Å². The minimum Gasteiger partial charge on any atom is -0.349 e. The van der Waals surface area contributed by atoms with E-state index >= 15 is 0 Å². The zero-order valence-corrected chi connectivity index (χ0v) is 14.2. The largest absolute Gasteiger partial charge is 0.349 e. The molecule has 2 aromatic rings. The van der Waals surface area contributed by atoms with E-state index in [1.165, 1.54) is 6.07 Å². The van der Waals surface area contributed by atoms with Gasteiger partial charge in [-0.1, -0.05) is 48.5 Å². The minimum atomic E-state index is -3.22. The zero-order valence-electron chi connectivity index (χ0n) is 13.4. The van der Waals surface area contributed by atoms with E-state index < -0.39 is 27.6 Å². The van der Waals surface area contributed by atoms with Crippen LogP contribution in [-0.2, 0) is 21.1 Å². The van der Waals surface area contributed by atoms with Crippen molar-refractivity contribution < 1.29 is 17.6 Å². The molecule has 0 fully saturated rings. The van der Waals surface area contributed by atoms with Crippen molar-refractivity contribution in [1.29, 1.82) is 0 Å². The van der Waals surface area contributed by atoms with Gasteiger partial charge < -0.3 is 5.32 Å². The predicted octanol–water partition coefficient (Wildman–Crippen LogP) is 2.66. The van der Waals surface area contributed by atoms with Gasteiger partial charge in [0.1, 0.15) is 15.7 Å². The van der Waals surface area contributed by atoms with E-state index in [0.717, 1.165) is 11.8 Å². The molecular weight excluding hydrogens is 329 g/mol. The quantitative estimate of drug-likeness (QED) is 0.836. The third-order valence-electron chi connectivity index (χ3n) is 3.60. The first kappa shape index (κ1) is 18.1. The first-order valence-corrected chi connectivity index (χ1v) is 9.66. The third-order valence-corrected chi connectivity index (χ3v) is 4.54. The lowest BCUT2D eigenvalue weighted by Crippen LogP contribution is -2.31. The predicted molar refractivity (Wildman–Crippen MR) is 91.8 cm³/mol. The van der Waals surface area contributed by atoms with Crippen molar-refractivity contribution in [2.75, 3.05) is 12.0 Å². The number of carbonyl (C=O) groups excluding carboxylic acids is 1. The number of hydrogen-bond donors (Lipinski definition) is 1. The van der Waals surface area contributed by atoms with Crippen LogP contribution in [0, 0.1) is 5.82 Å². The van der Waals surface area contributed by atoms with E-state index in [1.54, 1.807) is 18.2 Å². The maximum atomic E-state index is 14.1. The summed E-state index contributed by atoms with van der Waals surface area (Å²) in [5.74, 6) is -1.04. The number of rotatable bonds is 7. The van der Waals surface area contributed by atoms with E-state index in [9.17, 15) is 17.6 Å². The molecule has 2 aromatic carbocycles. The van der Waals surface area contributed by atoms with Crippen molar-refractivity contribution in [1.82, 2.24) is 5.32 Å². The molecule has 0 saturated carbocycles. The smallest absolute Gasteiger partial charge is 0.221 e. The average molecular weight is 349 g/mol. The highest BCUT2D eigenvalue weighted by Crippen LogP contribution is 2.21. The van der Waals surface area contributed by atoms with Gasteiger partial charge >= 0.3 is 0 Å². The number of halogens is 1. The van der Waals surface area contributed by atoms with Gasteiger partial charge in [-0.05, 0) is 18.1 Å². The molecule has 0 bridgehead atoms. The van der Waals surface area contributed by atoms with Crippen LogP contribution in [0.25, 0.3) is 0 Å². The molecule has 1 N–H and O–H groups in total. The molecule has 1 unspecified atom stereocenters. The highest BCUT2D eigenvalue weighted by atomic mass is 32.2. The van der Waals surface area contributed by atoms with Gasteiger partial charge in [-0.2, -0.15) is 0 Å². The third kappa shape index (κ3) is 5.77. The lowest BCUT2D eigenvalue weighted by Gasteiger charge is -2.20. The first-order chi connectivity index (χ1) is 11.3. The summed E-state index contributed by atoms with van der Waals surface area (Å²) < 4.78 is 36.5. The van der Waals surface area contributed by atoms with E-state index in [4.69, 9.17) is 0 Å². The van der Waals surface area contributed by atoms with Crippen LogP contribution in [0.4, 0.5) is 4.39 Å². The molecule has 0 heterocycles. The van der Waals surface area contributed by atoms with Crippen LogP contribution in [0.2, 0.25) is 0 Å². The molecule has 0 saturated heterocycles. The monoisotopic (exact) mass is 349 g/mol. The Bertz CT molecular complexity index is 791. The van der Waals surface area contributed by atoms with E-state index in [-0.39, 0.29) is 12.2 Å². The Morgan fingerprint density at radius 1 is 1.08 bits per heavy atom. The molecule has 0 aromatic heterocycles. The number of sulfone groups is 1. The summed E-state index contributed by atoms with van der Waals surface area (Å²) in [6, 6.07) is 15.1. The van der Waals surface area contributed by atoms with Crippen LogP contribution in [0.3, 0.4) is 0 Å². The summed E-state index contributed by atoms with van der Waals surface area (Å²) in [5.41, 5.74) is 1.34. The Kier molecular flexibility index (Phi) is 6.09. The van der Waals surface area contributed by atoms with Crippen molar-refractivity contribution in [3.8, 4) is 0 Å². The van der Waals surface area contributed by atoms with Gasteiger partial charge in [-0.3, -0.25) is 4.79 Å². The van der Waals surface area contributed by atoms with Crippen molar-refractivity contribution in [3.05, 3.63) is 71.5 Å². The van der Waals surface area contributed by atoms with Crippen LogP contribution >= 0.6 is 0 Å². The Morgan fingerprint density at radius 3 is 2.33 bits per heavy atom. The fourth-order valence-electron chi connectivity index (χ4n) is 2.39. The lowest BCUT2D eigenvalue weighted by atomic mass is 9.98. The Balaban J connectivity index is 2.17. The van der Waals surface area contributed by atoms with Crippen molar-refractivity contribution in [2.24, 2.45) is 0 Å². The summed E-state index contributed by atoms with van der Waals surface area (Å²) in [7, 11) is -3.22. The SMILES string of the molecule is CS(=O)(=O)CCC(=O)NC(Cc1ccccc1)c1ccccc1F. The maximum Gasteiger partial charge on any atom is 0.221 e. The second kappa shape index (κ2) is 8.06. The highest BCUT2D eigenvalue weighted by molar-refractivity contribution is 7.90. The molecule has 0 radical (unpaired) electrons. The number of benzene rings is 2. The summed E-state index contributed by atoms with van der Waals surface area (Å²) in [6.07, 6.45) is 1.36. The molecular formula is C18H20FNO3S. The zero-order chi connectivity index (χ0) is 17.6. The Morgan fingerprint density at radius 2 is 1.71 bits per heavy atom. The van der Waals surface area contributed by atoms with Crippen molar-refractivity contribution >= 4 is 15.7 Å². The van der Waals surface area contributed by atoms with Crippen molar-refractivity contribution in [2.45, 2.75) is 18.9 Å². The van der Waals surface area contributed by atoms with Crippen LogP contribution in [0.15, 0.2) is 54.6 Å². The molecule has 6 heteroatoms. The lowest BCUT2D eigenvalue weighted by molar-refractivity contribution is -0.121. The van der Waals surface area contributed by atoms with Gasteiger partial charge in [0.25, 0.3) is 0 Å². The summed E-state index contributed by atoms with van der Waals surface area (Å²) in [4.78, 5) is 12.1. The fourth-order valence-corrected chi connectivity index (χ4v) is 2.95. The van der Waals surface area contributed by atoms with Gasteiger partial charge in [0.15, 0.2) is 0 Å². The summed E-state index contributed by atoms with van der Waals surface area (Å²) in [5, 5.41) is 2.75. The number of nitrogens with one attached hydrogen (secondary N) is 1. The van der Waals surface area contributed by atoms with Gasteiger partial charge in [-0.25, -0.2) is 12.8 Å². The van der Waals surface area contributed by atoms with Crippen LogP contribution in [0.1, 0.15) is 23.6 Å². The molecule has 0 aliphatic rings. The number of hydrogen-bond acceptors (Lipinski definition) is 3. The summed E-state index contributed by atoms with van der Waals surface area (Å²) in [6.45, 7) is 0. The molecule has 0 spiro atoms. The highest BCUT2D eigenvalue weighted by Gasteiger charge is 2.19. The molecule has 0 aliphatic carbocycles. The minimum absolute atomic E-state index is 0.140. The number of carbonyl (C=O) groups is 1. The van der Waals surface area contributed by atoms with Crippen LogP contribution < -0.4 is 5.32 Å². The Labute approximate surface area is 141 Å². The molecule has 4 nitrogen and oxygen atoms in total. The van der Waals surface area contributed by atoms with Gasteiger partial charge in [0.05, 0.1) is 11.8 Å². The molecule has 0 aliphatic heterocycles. The second-order valence-electron chi connectivity index (χ2n) is 5.71. The topological polar surface area (TPSA) is 63.2 Å². The number of amides is 1. The van der Waals surface area contributed by atoms with E-state index in [2.05, 4.69) is 5.32 Å². The van der Waals surface area contributed by atoms with Gasteiger partial charge in [0.2, 0.25) is 5.91 Å². The molecule has 2 rings (SSSR count). The summed E-state index contributed by atoms with van der Waals surface area (Å²) >= 11 is 0. The molecule has 128 valence electrons. The second-order valence-corrected chi connectivity index (χ2v) is 7.97. The standard InChI is InChI=1S/C18H20FNO3S/c1-24(22,23)12-11-18(21)20-17(13-14-7-3-2-4-8-14)15-9-5-6-10-16(15)19/h2-10,17H,11-13H2,1H3,(H,20,21). The fraction of sp³-hybridized carbons (Fsp3) is 0.278. The van der Waals surface area contributed by atoms with Crippen molar-refractivity contribution in [3.63, 3.8) is 0 Å². The first-order valence-electron chi connectivity index (χ1n) is 7.60. The van der Waals surface area contributed by atoms with Crippen LogP contribution in [-0.4, -0.2) is 26.3 Å². The maximum absolute atomic E-state index is 14.1. The molecule has 24 heavy (non-hydrogen) atoms. The average Bonchev–Trinajstić information content (AvgIpc) is 2.53. The van der Waals surface area contributed by atoms with Gasteiger partial charge in [-0.15, -0.1) is 0 Å². The normalized spacial score (nSPS) is 12.6. The Hall–Kier alpha value is -2.21. The van der Waals surface area contributed by atoms with E-state index in [1.807, 2.05) is 30.3 Å². The molecule has 1 amide bonds. The molecule has 1 atom stereocenters. The van der Waals surface area contributed by atoms with Gasteiger partial charge in [0, 0.05) is 18.2 Å².